The molecule has 4 N–H and O–H groups in total. The lowest BCUT2D eigenvalue weighted by atomic mass is 9.77. The van der Waals surface area contributed by atoms with E-state index in [0.717, 1.165) is 60.5 Å². The van der Waals surface area contributed by atoms with Crippen LogP contribution in [0.25, 0.3) is 43.8 Å². The van der Waals surface area contributed by atoms with Crippen molar-refractivity contribution in [3.8, 4) is 45.3 Å². The van der Waals surface area contributed by atoms with Crippen molar-refractivity contribution in [2.24, 2.45) is 0 Å². The van der Waals surface area contributed by atoms with Gasteiger partial charge in [-0.2, -0.15) is 0 Å². The van der Waals surface area contributed by atoms with E-state index >= 15 is 0 Å². The SMILES string of the molecule is Cc1cc(-c2cc(C)c(O)c(C(c3cc(-c4ccc(O)c(C)c4)cc(C)c3O)c3c4ccccc4cc4ccccc34)c2)ccc1O. The van der Waals surface area contributed by atoms with Crippen LogP contribution >= 0.6 is 0 Å². The Balaban J connectivity index is 1.61. The number of benzene rings is 7. The van der Waals surface area contributed by atoms with Gasteiger partial charge in [-0.05, 0) is 154 Å². The molecule has 47 heavy (non-hydrogen) atoms. The van der Waals surface area contributed by atoms with Crippen LogP contribution in [0.2, 0.25) is 0 Å². The normalized spacial score (nSPS) is 11.5. The molecule has 0 aliphatic heterocycles. The molecule has 0 aliphatic carbocycles. The molecule has 0 atom stereocenters. The van der Waals surface area contributed by atoms with Crippen molar-refractivity contribution in [1.29, 1.82) is 0 Å². The van der Waals surface area contributed by atoms with Crippen LogP contribution in [0.15, 0.2) is 115 Å². The summed E-state index contributed by atoms with van der Waals surface area (Å²) in [5, 5.41) is 48.6. The molecular formula is C43H36O4. The van der Waals surface area contributed by atoms with Crippen LogP contribution in [0, 0.1) is 27.7 Å². The summed E-state index contributed by atoms with van der Waals surface area (Å²) in [5.74, 6) is 0.209. The number of aryl methyl sites for hydroxylation is 4. The van der Waals surface area contributed by atoms with Crippen LogP contribution in [0.5, 0.6) is 23.0 Å². The summed E-state index contributed by atoms with van der Waals surface area (Å²) in [4.78, 5) is 0. The Kier molecular flexibility index (Phi) is 7.37. The molecule has 0 saturated carbocycles. The maximum Gasteiger partial charge on any atom is 0.122 e. The molecule has 4 nitrogen and oxygen atoms in total. The molecule has 0 radical (unpaired) electrons. The molecule has 232 valence electrons. The Hall–Kier alpha value is -5.74. The van der Waals surface area contributed by atoms with Gasteiger partial charge in [0.2, 0.25) is 0 Å². The first kappa shape index (κ1) is 29.9. The standard InChI is InChI=1S/C43H36O4/c1-24-17-28(13-15-38(24)44)32-19-26(3)42(46)36(22-32)41(40-34-11-7-5-9-30(34)21-31-10-6-8-12-35(31)40)37-23-33(20-27(4)43(37)47)29-14-16-39(45)25(2)18-29/h5-23,41,44-47H,1-4H3. The Morgan fingerprint density at radius 3 is 1.23 bits per heavy atom. The van der Waals surface area contributed by atoms with E-state index in [1.165, 1.54) is 0 Å². The maximum atomic E-state index is 12.0. The summed E-state index contributed by atoms with van der Waals surface area (Å²) in [5.41, 5.74) is 8.89. The van der Waals surface area contributed by atoms with E-state index in [2.05, 4.69) is 30.3 Å². The molecule has 0 heterocycles. The molecule has 7 aromatic carbocycles. The monoisotopic (exact) mass is 616 g/mol. The summed E-state index contributed by atoms with van der Waals surface area (Å²) >= 11 is 0. The van der Waals surface area contributed by atoms with Crippen LogP contribution in [0.4, 0.5) is 0 Å². The van der Waals surface area contributed by atoms with Gasteiger partial charge < -0.3 is 20.4 Å². The first-order valence-electron chi connectivity index (χ1n) is 15.8. The number of phenols is 4. The van der Waals surface area contributed by atoms with E-state index in [9.17, 15) is 20.4 Å². The zero-order valence-electron chi connectivity index (χ0n) is 26.8. The number of fused-ring (bicyclic) bond motifs is 2. The Labute approximate surface area is 274 Å². The van der Waals surface area contributed by atoms with Gasteiger partial charge in [0, 0.05) is 17.0 Å². The smallest absolute Gasteiger partial charge is 0.122 e. The largest absolute Gasteiger partial charge is 0.508 e. The molecule has 7 aromatic rings. The van der Waals surface area contributed by atoms with E-state index in [-0.39, 0.29) is 23.0 Å². The minimum Gasteiger partial charge on any atom is -0.508 e. The molecule has 0 fully saturated rings. The number of rotatable bonds is 5. The van der Waals surface area contributed by atoms with Crippen LogP contribution < -0.4 is 0 Å². The maximum absolute atomic E-state index is 12.0. The molecule has 0 aromatic heterocycles. The minimum atomic E-state index is -0.570. The fraction of sp³-hybridized carbons (Fsp3) is 0.116. The summed E-state index contributed by atoms with van der Waals surface area (Å²) < 4.78 is 0. The van der Waals surface area contributed by atoms with Gasteiger partial charge in [0.05, 0.1) is 0 Å². The molecule has 0 bridgehead atoms. The predicted octanol–water partition coefficient (Wildman–Crippen LogP) is 10.6. The van der Waals surface area contributed by atoms with E-state index in [4.69, 9.17) is 0 Å². The van der Waals surface area contributed by atoms with Gasteiger partial charge in [0.1, 0.15) is 23.0 Å². The highest BCUT2D eigenvalue weighted by Gasteiger charge is 2.29. The van der Waals surface area contributed by atoms with Crippen molar-refractivity contribution in [3.63, 3.8) is 0 Å². The number of phenolic OH excluding ortho intramolecular Hbond substituents is 4. The Morgan fingerprint density at radius 2 is 0.809 bits per heavy atom. The molecule has 0 spiro atoms. The summed E-state index contributed by atoms with van der Waals surface area (Å²) in [6.07, 6.45) is 0. The molecule has 7 rings (SSSR count). The number of hydrogen-bond donors (Lipinski definition) is 4. The second-order valence-electron chi connectivity index (χ2n) is 12.6. The average Bonchev–Trinajstić information content (AvgIpc) is 3.06. The topological polar surface area (TPSA) is 80.9 Å². The third-order valence-corrected chi connectivity index (χ3v) is 9.44. The second kappa shape index (κ2) is 11.6. The highest BCUT2D eigenvalue weighted by atomic mass is 16.3. The van der Waals surface area contributed by atoms with Gasteiger partial charge in [0.25, 0.3) is 0 Å². The highest BCUT2D eigenvalue weighted by Crippen LogP contribution is 2.49. The van der Waals surface area contributed by atoms with E-state index in [1.54, 1.807) is 12.1 Å². The quantitative estimate of drug-likeness (QED) is 0.115. The molecule has 4 heteroatoms. The van der Waals surface area contributed by atoms with Crippen molar-refractivity contribution in [2.75, 3.05) is 0 Å². The summed E-state index contributed by atoms with van der Waals surface area (Å²) in [6.45, 7) is 7.54. The fourth-order valence-corrected chi connectivity index (χ4v) is 6.90. The average molecular weight is 617 g/mol. The molecule has 0 aliphatic rings. The molecule has 0 amide bonds. The lowest BCUT2D eigenvalue weighted by Gasteiger charge is -2.27. The fourth-order valence-electron chi connectivity index (χ4n) is 6.90. The molecule has 0 unspecified atom stereocenters. The van der Waals surface area contributed by atoms with Crippen molar-refractivity contribution >= 4 is 21.5 Å². The van der Waals surface area contributed by atoms with Crippen molar-refractivity contribution < 1.29 is 20.4 Å². The van der Waals surface area contributed by atoms with Crippen molar-refractivity contribution in [3.05, 3.63) is 154 Å². The van der Waals surface area contributed by atoms with Crippen molar-refractivity contribution in [1.82, 2.24) is 0 Å². The lowest BCUT2D eigenvalue weighted by Crippen LogP contribution is -2.08. The van der Waals surface area contributed by atoms with E-state index in [1.807, 2.05) is 100 Å². The Bertz CT molecular complexity index is 2190. The summed E-state index contributed by atoms with van der Waals surface area (Å²) in [7, 11) is 0. The third-order valence-electron chi connectivity index (χ3n) is 9.44. The van der Waals surface area contributed by atoms with Gasteiger partial charge in [-0.1, -0.05) is 60.7 Å². The number of hydrogen-bond acceptors (Lipinski definition) is 4. The van der Waals surface area contributed by atoms with Gasteiger partial charge >= 0.3 is 0 Å². The number of aromatic hydroxyl groups is 4. The van der Waals surface area contributed by atoms with Crippen LogP contribution in [0.3, 0.4) is 0 Å². The van der Waals surface area contributed by atoms with Gasteiger partial charge in [0.15, 0.2) is 0 Å². The van der Waals surface area contributed by atoms with Crippen molar-refractivity contribution in [2.45, 2.75) is 33.6 Å². The minimum absolute atomic E-state index is 0.161. The van der Waals surface area contributed by atoms with E-state index in [0.29, 0.717) is 22.3 Å². The first-order valence-corrected chi connectivity index (χ1v) is 15.8. The van der Waals surface area contributed by atoms with E-state index < -0.39 is 5.92 Å². The molecule has 0 saturated heterocycles. The molecular weight excluding hydrogens is 580 g/mol. The zero-order valence-corrected chi connectivity index (χ0v) is 26.8. The lowest BCUT2D eigenvalue weighted by molar-refractivity contribution is 0.454. The van der Waals surface area contributed by atoms with Crippen LogP contribution in [0.1, 0.15) is 44.9 Å². The van der Waals surface area contributed by atoms with Crippen LogP contribution in [-0.2, 0) is 0 Å². The first-order chi connectivity index (χ1) is 22.6. The third kappa shape index (κ3) is 5.22. The Morgan fingerprint density at radius 1 is 0.404 bits per heavy atom. The zero-order chi connectivity index (χ0) is 33.0. The highest BCUT2D eigenvalue weighted by molar-refractivity contribution is 6.04. The second-order valence-corrected chi connectivity index (χ2v) is 12.6. The van der Waals surface area contributed by atoms with Gasteiger partial charge in [-0.3, -0.25) is 0 Å². The predicted molar refractivity (Wildman–Crippen MR) is 192 cm³/mol. The van der Waals surface area contributed by atoms with Gasteiger partial charge in [-0.25, -0.2) is 0 Å². The van der Waals surface area contributed by atoms with Crippen LogP contribution in [-0.4, -0.2) is 20.4 Å². The summed E-state index contributed by atoms with van der Waals surface area (Å²) in [6, 6.07) is 37.7. The van der Waals surface area contributed by atoms with Gasteiger partial charge in [-0.15, -0.1) is 0 Å².